The number of likely N-dealkylation sites (tertiary alicyclic amines) is 1. The van der Waals surface area contributed by atoms with Gasteiger partial charge in [-0.05, 0) is 57.0 Å². The summed E-state index contributed by atoms with van der Waals surface area (Å²) >= 11 is 0. The topological polar surface area (TPSA) is 75.2 Å². The maximum absolute atomic E-state index is 13.3. The number of fused-ring (bicyclic) bond motifs is 2. The van der Waals surface area contributed by atoms with Gasteiger partial charge in [0.2, 0.25) is 6.79 Å². The summed E-state index contributed by atoms with van der Waals surface area (Å²) in [6.45, 7) is 8.41. The van der Waals surface area contributed by atoms with Crippen molar-refractivity contribution in [2.24, 2.45) is 4.99 Å². The molecule has 2 aromatic carbocycles. The van der Waals surface area contributed by atoms with Gasteiger partial charge in [0.05, 0.1) is 11.1 Å². The Morgan fingerprint density at radius 2 is 1.94 bits per heavy atom. The standard InChI is InChI=1S/C24H28N4O3/c1-23(2,3)27-22-24(25-13-17-6-4-5-7-18(17)26-22)10-11-28(14-24)21(29)16-8-9-19-20(12-16)31-15-30-19/h4-9,12,25H,10-11,13-15H2,1-3H3,(H,26,27)/t24-/m0/s1. The molecule has 1 saturated heterocycles. The number of carbonyl (C=O) groups excluding carboxylic acids is 1. The third kappa shape index (κ3) is 3.74. The molecule has 1 amide bonds. The van der Waals surface area contributed by atoms with E-state index in [0.29, 0.717) is 30.2 Å². The summed E-state index contributed by atoms with van der Waals surface area (Å²) < 4.78 is 10.8. The van der Waals surface area contributed by atoms with Gasteiger partial charge in [-0.15, -0.1) is 0 Å². The maximum Gasteiger partial charge on any atom is 0.254 e. The van der Waals surface area contributed by atoms with Crippen LogP contribution in [-0.2, 0) is 6.54 Å². The van der Waals surface area contributed by atoms with Crippen LogP contribution in [0, 0.1) is 0 Å². The molecule has 0 radical (unpaired) electrons. The summed E-state index contributed by atoms with van der Waals surface area (Å²) in [5.74, 6) is 2.20. The Kier molecular flexibility index (Phi) is 4.66. The molecular formula is C24H28N4O3. The first-order chi connectivity index (χ1) is 14.8. The largest absolute Gasteiger partial charge is 0.454 e. The first kappa shape index (κ1) is 19.9. The number of para-hydroxylation sites is 1. The highest BCUT2D eigenvalue weighted by Gasteiger charge is 2.46. The predicted octanol–water partition coefficient (Wildman–Crippen LogP) is 3.41. The van der Waals surface area contributed by atoms with Crippen LogP contribution in [0.2, 0.25) is 0 Å². The summed E-state index contributed by atoms with van der Waals surface area (Å²) in [5.41, 5.74) is 2.21. The van der Waals surface area contributed by atoms with E-state index < -0.39 is 5.54 Å². The van der Waals surface area contributed by atoms with E-state index in [1.807, 2.05) is 17.0 Å². The van der Waals surface area contributed by atoms with Crippen molar-refractivity contribution in [2.45, 2.75) is 44.8 Å². The maximum atomic E-state index is 13.3. The molecule has 1 fully saturated rings. The van der Waals surface area contributed by atoms with Crippen LogP contribution in [0.4, 0.5) is 5.69 Å². The SMILES string of the molecule is CC(C)(C)N=C1Nc2ccccc2CN[C@]12CCN(C(=O)c1ccc3c(c1)OCO3)C2. The van der Waals surface area contributed by atoms with Crippen molar-refractivity contribution in [2.75, 3.05) is 25.2 Å². The molecule has 1 atom stereocenters. The van der Waals surface area contributed by atoms with Gasteiger partial charge < -0.3 is 19.7 Å². The lowest BCUT2D eigenvalue weighted by atomic mass is 9.95. The number of nitrogens with one attached hydrogen (secondary N) is 2. The van der Waals surface area contributed by atoms with Crippen LogP contribution in [0.1, 0.15) is 43.1 Å². The normalized spacial score (nSPS) is 23.6. The molecule has 3 heterocycles. The molecule has 0 bridgehead atoms. The van der Waals surface area contributed by atoms with E-state index in [9.17, 15) is 4.79 Å². The molecule has 3 aliphatic heterocycles. The monoisotopic (exact) mass is 420 g/mol. The van der Waals surface area contributed by atoms with Crippen molar-refractivity contribution < 1.29 is 14.3 Å². The highest BCUT2D eigenvalue weighted by molar-refractivity contribution is 6.05. The molecule has 0 aromatic heterocycles. The number of nitrogens with zero attached hydrogens (tertiary/aromatic N) is 2. The number of carbonyl (C=O) groups is 1. The van der Waals surface area contributed by atoms with Gasteiger partial charge in [0, 0.05) is 30.9 Å². The minimum atomic E-state index is -0.418. The molecule has 7 nitrogen and oxygen atoms in total. The molecule has 2 aromatic rings. The van der Waals surface area contributed by atoms with E-state index in [0.717, 1.165) is 24.5 Å². The zero-order valence-corrected chi connectivity index (χ0v) is 18.2. The minimum absolute atomic E-state index is 0.00570. The Labute approximate surface area is 182 Å². The van der Waals surface area contributed by atoms with Crippen LogP contribution < -0.4 is 20.1 Å². The number of hydrogen-bond donors (Lipinski definition) is 2. The summed E-state index contributed by atoms with van der Waals surface area (Å²) in [6.07, 6.45) is 0.791. The fourth-order valence-corrected chi connectivity index (χ4v) is 4.39. The van der Waals surface area contributed by atoms with Crippen molar-refractivity contribution in [3.8, 4) is 11.5 Å². The number of benzene rings is 2. The fraction of sp³-hybridized carbons (Fsp3) is 0.417. The van der Waals surface area contributed by atoms with E-state index >= 15 is 0 Å². The Bertz CT molecular complexity index is 1060. The van der Waals surface area contributed by atoms with E-state index in [2.05, 4.69) is 43.5 Å². The number of aliphatic imine (C=N–C) groups is 1. The summed E-state index contributed by atoms with van der Waals surface area (Å²) in [5, 5.41) is 7.33. The van der Waals surface area contributed by atoms with Crippen LogP contribution in [-0.4, -0.2) is 47.6 Å². The second kappa shape index (κ2) is 7.27. The number of amides is 1. The summed E-state index contributed by atoms with van der Waals surface area (Å²) in [4.78, 5) is 20.3. The van der Waals surface area contributed by atoms with Crippen molar-refractivity contribution in [1.82, 2.24) is 10.2 Å². The van der Waals surface area contributed by atoms with Gasteiger partial charge in [0.1, 0.15) is 5.84 Å². The average Bonchev–Trinajstić information content (AvgIpc) is 3.35. The van der Waals surface area contributed by atoms with Crippen LogP contribution in [0.3, 0.4) is 0 Å². The van der Waals surface area contributed by atoms with E-state index in [4.69, 9.17) is 14.5 Å². The van der Waals surface area contributed by atoms with Gasteiger partial charge in [-0.1, -0.05) is 18.2 Å². The highest BCUT2D eigenvalue weighted by Crippen LogP contribution is 2.35. The molecule has 0 aliphatic carbocycles. The lowest BCUT2D eigenvalue weighted by molar-refractivity contribution is 0.0785. The number of hydrogen-bond acceptors (Lipinski definition) is 5. The van der Waals surface area contributed by atoms with Crippen molar-refractivity contribution in [3.05, 3.63) is 53.6 Å². The average molecular weight is 421 g/mol. The van der Waals surface area contributed by atoms with Crippen LogP contribution in [0.15, 0.2) is 47.5 Å². The van der Waals surface area contributed by atoms with E-state index in [-0.39, 0.29) is 18.2 Å². The van der Waals surface area contributed by atoms with Gasteiger partial charge >= 0.3 is 0 Å². The van der Waals surface area contributed by atoms with Gasteiger partial charge in [-0.2, -0.15) is 0 Å². The third-order valence-corrected chi connectivity index (χ3v) is 5.96. The lowest BCUT2D eigenvalue weighted by Gasteiger charge is -2.32. The van der Waals surface area contributed by atoms with Gasteiger partial charge in [0.25, 0.3) is 5.91 Å². The number of ether oxygens (including phenoxy) is 2. The smallest absolute Gasteiger partial charge is 0.254 e. The van der Waals surface area contributed by atoms with Gasteiger partial charge in [-0.25, -0.2) is 0 Å². The number of rotatable bonds is 1. The molecular weight excluding hydrogens is 392 g/mol. The molecule has 162 valence electrons. The minimum Gasteiger partial charge on any atom is -0.454 e. The Morgan fingerprint density at radius 3 is 2.77 bits per heavy atom. The molecule has 2 N–H and O–H groups in total. The van der Waals surface area contributed by atoms with Crippen molar-refractivity contribution >= 4 is 17.4 Å². The van der Waals surface area contributed by atoms with Crippen molar-refractivity contribution in [3.63, 3.8) is 0 Å². The zero-order chi connectivity index (χ0) is 21.6. The quantitative estimate of drug-likeness (QED) is 0.740. The van der Waals surface area contributed by atoms with Gasteiger partial charge in [-0.3, -0.25) is 15.1 Å². The molecule has 1 spiro atoms. The second-order valence-electron chi connectivity index (χ2n) is 9.39. The lowest BCUT2D eigenvalue weighted by Crippen LogP contribution is -2.56. The molecule has 3 aliphatic rings. The Morgan fingerprint density at radius 1 is 1.13 bits per heavy atom. The molecule has 31 heavy (non-hydrogen) atoms. The predicted molar refractivity (Wildman–Crippen MR) is 120 cm³/mol. The molecule has 7 heteroatoms. The highest BCUT2D eigenvalue weighted by atomic mass is 16.7. The zero-order valence-electron chi connectivity index (χ0n) is 18.2. The number of amidine groups is 1. The molecule has 5 rings (SSSR count). The second-order valence-corrected chi connectivity index (χ2v) is 9.39. The Hall–Kier alpha value is -3.06. The van der Waals surface area contributed by atoms with E-state index in [1.54, 1.807) is 18.2 Å². The first-order valence-corrected chi connectivity index (χ1v) is 10.7. The van der Waals surface area contributed by atoms with Crippen LogP contribution in [0.25, 0.3) is 0 Å². The van der Waals surface area contributed by atoms with Gasteiger partial charge in [0.15, 0.2) is 11.5 Å². The first-order valence-electron chi connectivity index (χ1n) is 10.7. The Balaban J connectivity index is 1.44. The summed E-state index contributed by atoms with van der Waals surface area (Å²) in [6, 6.07) is 13.7. The third-order valence-electron chi connectivity index (χ3n) is 5.96. The van der Waals surface area contributed by atoms with E-state index in [1.165, 1.54) is 5.56 Å². The van der Waals surface area contributed by atoms with Crippen LogP contribution >= 0.6 is 0 Å². The van der Waals surface area contributed by atoms with Crippen LogP contribution in [0.5, 0.6) is 11.5 Å². The number of anilines is 1. The summed E-state index contributed by atoms with van der Waals surface area (Å²) in [7, 11) is 0. The fourth-order valence-electron chi connectivity index (χ4n) is 4.39. The van der Waals surface area contributed by atoms with Crippen molar-refractivity contribution in [1.29, 1.82) is 0 Å². The molecule has 0 unspecified atom stereocenters. The molecule has 0 saturated carbocycles.